The molecule has 0 aliphatic carbocycles. The highest BCUT2D eigenvalue weighted by molar-refractivity contribution is 14.0. The normalized spacial score (nSPS) is 21.9. The van der Waals surface area contributed by atoms with E-state index in [2.05, 4.69) is 40.7 Å². The number of nitrogens with one attached hydrogen (secondary N) is 2. The lowest BCUT2D eigenvalue weighted by Crippen LogP contribution is -2.49. The number of ether oxygens (including phenoxy) is 1. The van der Waals surface area contributed by atoms with Crippen LogP contribution in [0.5, 0.6) is 0 Å². The molecular weight excluding hydrogens is 455 g/mol. The molecule has 2 fully saturated rings. The Bertz CT molecular complexity index is 564. The number of aryl methyl sites for hydroxylation is 1. The van der Waals surface area contributed by atoms with Gasteiger partial charge in [0.05, 0.1) is 25.9 Å². The van der Waals surface area contributed by atoms with Crippen molar-refractivity contribution in [3.8, 4) is 0 Å². The monoisotopic (exact) mass is 490 g/mol. The van der Waals surface area contributed by atoms with E-state index in [0.717, 1.165) is 44.7 Å². The van der Waals surface area contributed by atoms with E-state index in [1.54, 1.807) is 0 Å². The summed E-state index contributed by atoms with van der Waals surface area (Å²) in [5.41, 5.74) is 1.19. The summed E-state index contributed by atoms with van der Waals surface area (Å²) in [7, 11) is 0. The van der Waals surface area contributed by atoms with Crippen molar-refractivity contribution < 1.29 is 4.74 Å². The van der Waals surface area contributed by atoms with Crippen LogP contribution in [0.15, 0.2) is 17.4 Å². The number of nitrogens with zero attached hydrogens (tertiary/aromatic N) is 4. The summed E-state index contributed by atoms with van der Waals surface area (Å²) in [4.78, 5) is 7.32. The molecule has 0 amide bonds. The van der Waals surface area contributed by atoms with E-state index in [9.17, 15) is 0 Å². The summed E-state index contributed by atoms with van der Waals surface area (Å²) in [6, 6.07) is 0.510. The first-order valence-electron chi connectivity index (χ1n) is 10.1. The fourth-order valence-electron chi connectivity index (χ4n) is 3.72. The number of likely N-dealkylation sites (tertiary alicyclic amines) is 1. The number of hydrogen-bond donors (Lipinski definition) is 2. The van der Waals surface area contributed by atoms with Crippen molar-refractivity contribution in [2.75, 3.05) is 45.9 Å². The van der Waals surface area contributed by atoms with Gasteiger partial charge in [0, 0.05) is 45.0 Å². The second-order valence-corrected chi connectivity index (χ2v) is 7.49. The number of piperidine rings is 1. The molecule has 1 unspecified atom stereocenters. The van der Waals surface area contributed by atoms with Gasteiger partial charge >= 0.3 is 0 Å². The lowest BCUT2D eigenvalue weighted by atomic mass is 10.0. The van der Waals surface area contributed by atoms with E-state index < -0.39 is 0 Å². The molecule has 0 radical (unpaired) electrons. The smallest absolute Gasteiger partial charge is 0.191 e. The van der Waals surface area contributed by atoms with Gasteiger partial charge in [-0.3, -0.25) is 9.67 Å². The van der Waals surface area contributed by atoms with Gasteiger partial charge in [-0.1, -0.05) is 0 Å². The van der Waals surface area contributed by atoms with Crippen LogP contribution in [0.2, 0.25) is 0 Å². The lowest BCUT2D eigenvalue weighted by molar-refractivity contribution is 0.150. The molecule has 2 aliphatic rings. The SMILES string of the molecule is CCNC(=NCCn1cc(C)cn1)NC1CCN(CC2CCOC2)CC1.I. The van der Waals surface area contributed by atoms with Crippen LogP contribution in [0.4, 0.5) is 0 Å². The molecule has 7 nitrogen and oxygen atoms in total. The molecule has 154 valence electrons. The van der Waals surface area contributed by atoms with E-state index in [1.165, 1.54) is 44.5 Å². The molecule has 27 heavy (non-hydrogen) atoms. The van der Waals surface area contributed by atoms with Crippen molar-refractivity contribution in [1.29, 1.82) is 0 Å². The standard InChI is InChI=1S/C19H34N6O.HI/c1-3-20-19(21-7-10-25-13-16(2)12-22-25)23-18-4-8-24(9-5-18)14-17-6-11-26-15-17;/h12-13,17-18H,3-11,14-15H2,1-2H3,(H2,20,21,23);1H. The van der Waals surface area contributed by atoms with Crippen molar-refractivity contribution in [1.82, 2.24) is 25.3 Å². The van der Waals surface area contributed by atoms with Crippen molar-refractivity contribution in [3.05, 3.63) is 18.0 Å². The van der Waals surface area contributed by atoms with Gasteiger partial charge in [-0.25, -0.2) is 0 Å². The zero-order valence-corrected chi connectivity index (χ0v) is 19.0. The fraction of sp³-hybridized carbons (Fsp3) is 0.789. The van der Waals surface area contributed by atoms with Crippen LogP contribution in [0, 0.1) is 12.8 Å². The first-order chi connectivity index (χ1) is 12.7. The quantitative estimate of drug-likeness (QED) is 0.347. The van der Waals surface area contributed by atoms with Gasteiger partial charge in [-0.05, 0) is 44.6 Å². The van der Waals surface area contributed by atoms with Crippen LogP contribution in [0.1, 0.15) is 31.7 Å². The molecule has 1 aromatic rings. The molecule has 3 rings (SSSR count). The maximum atomic E-state index is 5.50. The summed E-state index contributed by atoms with van der Waals surface area (Å²) in [5.74, 6) is 1.67. The van der Waals surface area contributed by atoms with E-state index >= 15 is 0 Å². The number of hydrogen-bond acceptors (Lipinski definition) is 4. The summed E-state index contributed by atoms with van der Waals surface area (Å²) in [6.45, 7) is 12.0. The van der Waals surface area contributed by atoms with Crippen LogP contribution in [-0.4, -0.2) is 72.6 Å². The van der Waals surface area contributed by atoms with Crippen molar-refractivity contribution >= 4 is 29.9 Å². The predicted molar refractivity (Wildman–Crippen MR) is 120 cm³/mol. The number of halogens is 1. The number of aliphatic imine (C=N–C) groups is 1. The maximum absolute atomic E-state index is 5.50. The van der Waals surface area contributed by atoms with E-state index in [-0.39, 0.29) is 24.0 Å². The number of aromatic nitrogens is 2. The topological polar surface area (TPSA) is 66.7 Å². The zero-order chi connectivity index (χ0) is 18.2. The van der Waals surface area contributed by atoms with Gasteiger partial charge in [0.2, 0.25) is 0 Å². The summed E-state index contributed by atoms with van der Waals surface area (Å²) in [6.07, 6.45) is 7.53. The van der Waals surface area contributed by atoms with Gasteiger partial charge in [-0.2, -0.15) is 5.10 Å². The van der Waals surface area contributed by atoms with Gasteiger partial charge in [0.15, 0.2) is 5.96 Å². The first-order valence-corrected chi connectivity index (χ1v) is 10.1. The molecule has 8 heteroatoms. The molecule has 0 saturated carbocycles. The van der Waals surface area contributed by atoms with Crippen molar-refractivity contribution in [2.24, 2.45) is 10.9 Å². The highest BCUT2D eigenvalue weighted by Gasteiger charge is 2.24. The molecule has 2 saturated heterocycles. The van der Waals surface area contributed by atoms with Gasteiger partial charge < -0.3 is 20.3 Å². The zero-order valence-electron chi connectivity index (χ0n) is 16.7. The largest absolute Gasteiger partial charge is 0.381 e. The second kappa shape index (κ2) is 11.9. The molecule has 0 spiro atoms. The van der Waals surface area contributed by atoms with E-state index in [0.29, 0.717) is 6.04 Å². The Kier molecular flexibility index (Phi) is 9.84. The molecule has 0 aromatic carbocycles. The Morgan fingerprint density at radius 3 is 2.78 bits per heavy atom. The minimum Gasteiger partial charge on any atom is -0.381 e. The summed E-state index contributed by atoms with van der Waals surface area (Å²) < 4.78 is 7.45. The average Bonchev–Trinajstić information content (AvgIpc) is 3.29. The van der Waals surface area contributed by atoms with Gasteiger partial charge in [0.1, 0.15) is 0 Å². The molecular formula is C19H35IN6O. The third-order valence-electron chi connectivity index (χ3n) is 5.17. The predicted octanol–water partition coefficient (Wildman–Crippen LogP) is 1.87. The first kappa shape index (κ1) is 22.4. The minimum absolute atomic E-state index is 0. The fourth-order valence-corrected chi connectivity index (χ4v) is 3.72. The third-order valence-corrected chi connectivity index (χ3v) is 5.17. The summed E-state index contributed by atoms with van der Waals surface area (Å²) in [5, 5.41) is 11.3. The Hall–Kier alpha value is -0.870. The van der Waals surface area contributed by atoms with Crippen LogP contribution in [-0.2, 0) is 11.3 Å². The molecule has 0 bridgehead atoms. The van der Waals surface area contributed by atoms with Crippen LogP contribution in [0.3, 0.4) is 0 Å². The summed E-state index contributed by atoms with van der Waals surface area (Å²) >= 11 is 0. The average molecular weight is 490 g/mol. The molecule has 2 N–H and O–H groups in total. The van der Waals surface area contributed by atoms with Crippen LogP contribution < -0.4 is 10.6 Å². The molecule has 2 aliphatic heterocycles. The Labute approximate surface area is 180 Å². The Morgan fingerprint density at radius 1 is 1.33 bits per heavy atom. The Morgan fingerprint density at radius 2 is 2.15 bits per heavy atom. The van der Waals surface area contributed by atoms with Crippen LogP contribution in [0.25, 0.3) is 0 Å². The molecule has 1 atom stereocenters. The highest BCUT2D eigenvalue weighted by atomic mass is 127. The van der Waals surface area contributed by atoms with E-state index in [1.807, 2.05) is 10.9 Å². The Balaban J connectivity index is 0.00000261. The van der Waals surface area contributed by atoms with E-state index in [4.69, 9.17) is 9.73 Å². The number of guanidine groups is 1. The molecule has 3 heterocycles. The van der Waals surface area contributed by atoms with Crippen molar-refractivity contribution in [3.63, 3.8) is 0 Å². The van der Waals surface area contributed by atoms with Gasteiger partial charge in [0.25, 0.3) is 0 Å². The second-order valence-electron chi connectivity index (χ2n) is 7.49. The van der Waals surface area contributed by atoms with Crippen molar-refractivity contribution in [2.45, 2.75) is 45.7 Å². The highest BCUT2D eigenvalue weighted by Crippen LogP contribution is 2.17. The van der Waals surface area contributed by atoms with Gasteiger partial charge in [-0.15, -0.1) is 24.0 Å². The van der Waals surface area contributed by atoms with Crippen LogP contribution >= 0.6 is 24.0 Å². The lowest BCUT2D eigenvalue weighted by Gasteiger charge is -2.34. The molecule has 1 aromatic heterocycles. The number of rotatable bonds is 7. The minimum atomic E-state index is 0. The maximum Gasteiger partial charge on any atom is 0.191 e. The third kappa shape index (κ3) is 7.57.